The van der Waals surface area contributed by atoms with Crippen LogP contribution in [0.25, 0.3) is 0 Å². The summed E-state index contributed by atoms with van der Waals surface area (Å²) in [6, 6.07) is 0. The number of aliphatic imine (C=N–C) groups is 1. The Hall–Kier alpha value is -0.940. The van der Waals surface area contributed by atoms with Crippen molar-refractivity contribution in [1.29, 1.82) is 0 Å². The predicted octanol–water partition coefficient (Wildman–Crippen LogP) is 0.736. The number of rotatable bonds is 9. The Labute approximate surface area is 167 Å². The highest BCUT2D eigenvalue weighted by molar-refractivity contribution is 14.0. The van der Waals surface area contributed by atoms with Crippen LogP contribution in [0.3, 0.4) is 0 Å². The lowest BCUT2D eigenvalue weighted by Gasteiger charge is -2.26. The van der Waals surface area contributed by atoms with Gasteiger partial charge in [0.25, 0.3) is 0 Å². The molecular weight excluding hydrogens is 433 g/mol. The number of morpholine rings is 1. The molecule has 25 heavy (non-hydrogen) atoms. The first kappa shape index (κ1) is 22.1. The lowest BCUT2D eigenvalue weighted by Crippen LogP contribution is -2.39. The van der Waals surface area contributed by atoms with E-state index in [2.05, 4.69) is 49.1 Å². The van der Waals surface area contributed by atoms with Gasteiger partial charge in [-0.15, -0.1) is 34.2 Å². The van der Waals surface area contributed by atoms with Crippen molar-refractivity contribution in [2.45, 2.75) is 33.2 Å². The molecule has 9 heteroatoms. The molecule has 0 saturated carbocycles. The molecule has 0 unspecified atom stereocenters. The second-order valence-electron chi connectivity index (χ2n) is 5.79. The van der Waals surface area contributed by atoms with Crippen LogP contribution in [0.5, 0.6) is 0 Å². The summed E-state index contributed by atoms with van der Waals surface area (Å²) in [6.07, 6.45) is 3.75. The maximum Gasteiger partial charge on any atom is 0.191 e. The first-order valence-corrected chi connectivity index (χ1v) is 9.02. The number of aromatic nitrogens is 3. The third-order valence-corrected chi connectivity index (χ3v) is 4.01. The van der Waals surface area contributed by atoms with Crippen LogP contribution in [0, 0.1) is 0 Å². The predicted molar refractivity (Wildman–Crippen MR) is 111 cm³/mol. The molecular formula is C16H32IN7O. The van der Waals surface area contributed by atoms with Crippen LogP contribution >= 0.6 is 24.0 Å². The average molecular weight is 465 g/mol. The molecule has 1 aromatic heterocycles. The molecule has 2 rings (SSSR count). The fraction of sp³-hybridized carbons (Fsp3) is 0.812. The Morgan fingerprint density at radius 3 is 2.76 bits per heavy atom. The molecule has 0 atom stereocenters. The highest BCUT2D eigenvalue weighted by Crippen LogP contribution is 1.98. The fourth-order valence-electron chi connectivity index (χ4n) is 2.69. The summed E-state index contributed by atoms with van der Waals surface area (Å²) >= 11 is 0. The van der Waals surface area contributed by atoms with Crippen LogP contribution < -0.4 is 10.6 Å². The van der Waals surface area contributed by atoms with Gasteiger partial charge in [0.1, 0.15) is 12.2 Å². The van der Waals surface area contributed by atoms with Crippen LogP contribution in [-0.2, 0) is 17.7 Å². The Morgan fingerprint density at radius 2 is 2.04 bits per heavy atom. The summed E-state index contributed by atoms with van der Waals surface area (Å²) < 4.78 is 7.45. The van der Waals surface area contributed by atoms with E-state index in [-0.39, 0.29) is 24.0 Å². The van der Waals surface area contributed by atoms with E-state index in [0.29, 0.717) is 0 Å². The monoisotopic (exact) mass is 465 g/mol. The number of hydrogen-bond acceptors (Lipinski definition) is 5. The van der Waals surface area contributed by atoms with Crippen LogP contribution in [0.15, 0.2) is 11.3 Å². The smallest absolute Gasteiger partial charge is 0.191 e. The van der Waals surface area contributed by atoms with Gasteiger partial charge in [-0.3, -0.25) is 9.89 Å². The van der Waals surface area contributed by atoms with Crippen LogP contribution in [0.2, 0.25) is 0 Å². The normalized spacial score (nSPS) is 15.7. The van der Waals surface area contributed by atoms with Gasteiger partial charge in [-0.1, -0.05) is 6.92 Å². The summed E-state index contributed by atoms with van der Waals surface area (Å²) in [5.74, 6) is 1.90. The van der Waals surface area contributed by atoms with Crippen LogP contribution in [0.1, 0.15) is 26.1 Å². The van der Waals surface area contributed by atoms with E-state index >= 15 is 0 Å². The Bertz CT molecular complexity index is 489. The van der Waals surface area contributed by atoms with Crippen LogP contribution in [0.4, 0.5) is 0 Å². The second-order valence-corrected chi connectivity index (χ2v) is 5.79. The third-order valence-electron chi connectivity index (χ3n) is 4.01. The third kappa shape index (κ3) is 8.32. The highest BCUT2D eigenvalue weighted by atomic mass is 127. The molecule has 1 saturated heterocycles. The van der Waals surface area contributed by atoms with Crippen LogP contribution in [-0.4, -0.2) is 78.1 Å². The van der Waals surface area contributed by atoms with Crippen molar-refractivity contribution >= 4 is 29.9 Å². The van der Waals surface area contributed by atoms with Crippen molar-refractivity contribution in [2.75, 3.05) is 52.5 Å². The number of nitrogens with one attached hydrogen (secondary N) is 2. The van der Waals surface area contributed by atoms with Gasteiger partial charge in [0.15, 0.2) is 5.96 Å². The van der Waals surface area contributed by atoms with Gasteiger partial charge in [0, 0.05) is 52.2 Å². The molecule has 2 N–H and O–H groups in total. The maximum absolute atomic E-state index is 5.37. The molecule has 2 heterocycles. The van der Waals surface area contributed by atoms with Gasteiger partial charge in [0.2, 0.25) is 0 Å². The fourth-order valence-corrected chi connectivity index (χ4v) is 2.69. The minimum absolute atomic E-state index is 0. The highest BCUT2D eigenvalue weighted by Gasteiger charge is 2.09. The van der Waals surface area contributed by atoms with Crippen molar-refractivity contribution in [2.24, 2.45) is 4.99 Å². The topological polar surface area (TPSA) is 79.6 Å². The van der Waals surface area contributed by atoms with Crippen molar-refractivity contribution in [3.8, 4) is 0 Å². The van der Waals surface area contributed by atoms with Gasteiger partial charge in [-0.2, -0.15) is 0 Å². The van der Waals surface area contributed by atoms with E-state index in [9.17, 15) is 0 Å². The van der Waals surface area contributed by atoms with E-state index in [0.717, 1.165) is 83.7 Å². The second kappa shape index (κ2) is 13.3. The first-order chi connectivity index (χ1) is 11.8. The summed E-state index contributed by atoms with van der Waals surface area (Å²) in [5.41, 5.74) is 0. The molecule has 144 valence electrons. The lowest BCUT2D eigenvalue weighted by atomic mass is 10.3. The number of halogens is 1. The van der Waals surface area contributed by atoms with E-state index in [1.54, 1.807) is 6.33 Å². The molecule has 0 amide bonds. The first-order valence-electron chi connectivity index (χ1n) is 9.02. The molecule has 1 fully saturated rings. The molecule has 1 aliphatic rings. The van der Waals surface area contributed by atoms with Gasteiger partial charge < -0.3 is 19.9 Å². The summed E-state index contributed by atoms with van der Waals surface area (Å²) in [5, 5.41) is 14.7. The maximum atomic E-state index is 5.37. The van der Waals surface area contributed by atoms with E-state index in [1.165, 1.54) is 0 Å². The minimum atomic E-state index is 0. The molecule has 8 nitrogen and oxygen atoms in total. The van der Waals surface area contributed by atoms with Crippen molar-refractivity contribution < 1.29 is 4.74 Å². The zero-order chi connectivity index (χ0) is 17.0. The standard InChI is InChI=1S/C16H31N7O.HI/c1-3-15-21-20-14-23(15)9-7-19-16(17-4-2)18-6-5-8-22-10-12-24-13-11-22;/h14H,3-13H2,1-2H3,(H2,17,18,19);1H. The largest absolute Gasteiger partial charge is 0.379 e. The number of nitrogens with zero attached hydrogens (tertiary/aromatic N) is 5. The molecule has 1 aliphatic heterocycles. The van der Waals surface area contributed by atoms with Crippen molar-refractivity contribution in [1.82, 2.24) is 30.3 Å². The quantitative estimate of drug-likeness (QED) is 0.243. The molecule has 0 aromatic carbocycles. The Morgan fingerprint density at radius 1 is 1.24 bits per heavy atom. The van der Waals surface area contributed by atoms with E-state index < -0.39 is 0 Å². The van der Waals surface area contributed by atoms with Gasteiger partial charge in [-0.25, -0.2) is 0 Å². The zero-order valence-electron chi connectivity index (χ0n) is 15.4. The van der Waals surface area contributed by atoms with E-state index in [4.69, 9.17) is 4.74 Å². The lowest BCUT2D eigenvalue weighted by molar-refractivity contribution is 0.0377. The number of aryl methyl sites for hydroxylation is 1. The van der Waals surface area contributed by atoms with E-state index in [1.807, 2.05) is 0 Å². The van der Waals surface area contributed by atoms with Gasteiger partial charge >= 0.3 is 0 Å². The summed E-state index contributed by atoms with van der Waals surface area (Å²) in [7, 11) is 0. The summed E-state index contributed by atoms with van der Waals surface area (Å²) in [6.45, 7) is 12.4. The van der Waals surface area contributed by atoms with Gasteiger partial charge in [0.05, 0.1) is 13.2 Å². The van der Waals surface area contributed by atoms with Crippen molar-refractivity contribution in [3.05, 3.63) is 12.2 Å². The SMILES string of the molecule is CCNC(=NCCCN1CCOCC1)NCCn1cnnc1CC.I. The Kier molecular flexibility index (Phi) is 11.7. The number of ether oxygens (including phenoxy) is 1. The summed E-state index contributed by atoms with van der Waals surface area (Å²) in [4.78, 5) is 7.10. The molecule has 1 aromatic rings. The number of guanidine groups is 1. The molecule has 0 aliphatic carbocycles. The minimum Gasteiger partial charge on any atom is -0.379 e. The average Bonchev–Trinajstić information content (AvgIpc) is 3.07. The molecule has 0 radical (unpaired) electrons. The Balaban J connectivity index is 0.00000312. The van der Waals surface area contributed by atoms with Crippen molar-refractivity contribution in [3.63, 3.8) is 0 Å². The molecule has 0 spiro atoms. The van der Waals surface area contributed by atoms with Gasteiger partial charge in [-0.05, 0) is 13.3 Å². The molecule has 0 bridgehead atoms. The zero-order valence-corrected chi connectivity index (χ0v) is 17.7. The number of hydrogen-bond donors (Lipinski definition) is 2.